The zero-order chi connectivity index (χ0) is 13.2. The molecule has 0 bridgehead atoms. The number of carbonyl (C=O) groups is 1. The SMILES string of the molecule is Nc1ccc(C(=O)c2cccc3cccnc23)cc1. The number of aromatic nitrogens is 1. The molecule has 19 heavy (non-hydrogen) atoms. The lowest BCUT2D eigenvalue weighted by Gasteiger charge is -2.05. The molecule has 3 aromatic rings. The van der Waals surface area contributed by atoms with Crippen LogP contribution in [0.1, 0.15) is 15.9 Å². The third-order valence-electron chi connectivity index (χ3n) is 3.05. The average molecular weight is 248 g/mol. The fourth-order valence-corrected chi connectivity index (χ4v) is 2.08. The van der Waals surface area contributed by atoms with Crippen molar-refractivity contribution in [3.05, 3.63) is 71.9 Å². The van der Waals surface area contributed by atoms with Gasteiger partial charge in [-0.3, -0.25) is 9.78 Å². The van der Waals surface area contributed by atoms with Crippen LogP contribution in [0, 0.1) is 0 Å². The Balaban J connectivity index is 2.14. The summed E-state index contributed by atoms with van der Waals surface area (Å²) in [6, 6.07) is 16.4. The van der Waals surface area contributed by atoms with Crippen molar-refractivity contribution >= 4 is 22.4 Å². The number of nitrogens with zero attached hydrogens (tertiary/aromatic N) is 1. The molecule has 92 valence electrons. The van der Waals surface area contributed by atoms with Gasteiger partial charge in [-0.1, -0.05) is 18.2 Å². The molecule has 3 nitrogen and oxygen atoms in total. The van der Waals surface area contributed by atoms with E-state index in [0.29, 0.717) is 16.8 Å². The van der Waals surface area contributed by atoms with Gasteiger partial charge in [0.25, 0.3) is 0 Å². The Morgan fingerprint density at radius 3 is 2.47 bits per heavy atom. The number of ketones is 1. The molecule has 1 aromatic heterocycles. The zero-order valence-electron chi connectivity index (χ0n) is 10.2. The quantitative estimate of drug-likeness (QED) is 0.560. The first-order valence-corrected chi connectivity index (χ1v) is 6.00. The summed E-state index contributed by atoms with van der Waals surface area (Å²) < 4.78 is 0. The van der Waals surface area contributed by atoms with Crippen molar-refractivity contribution < 1.29 is 4.79 Å². The summed E-state index contributed by atoms with van der Waals surface area (Å²) in [7, 11) is 0. The summed E-state index contributed by atoms with van der Waals surface area (Å²) in [6.45, 7) is 0. The van der Waals surface area contributed by atoms with E-state index in [-0.39, 0.29) is 5.78 Å². The number of rotatable bonds is 2. The number of hydrogen-bond donors (Lipinski definition) is 1. The van der Waals surface area contributed by atoms with Crippen LogP contribution in [0.4, 0.5) is 5.69 Å². The monoisotopic (exact) mass is 248 g/mol. The molecule has 0 spiro atoms. The van der Waals surface area contributed by atoms with Gasteiger partial charge in [-0.15, -0.1) is 0 Å². The molecule has 0 saturated carbocycles. The smallest absolute Gasteiger partial charge is 0.195 e. The Morgan fingerprint density at radius 1 is 0.947 bits per heavy atom. The van der Waals surface area contributed by atoms with Crippen molar-refractivity contribution in [1.82, 2.24) is 4.98 Å². The van der Waals surface area contributed by atoms with Crippen molar-refractivity contribution in [3.63, 3.8) is 0 Å². The fourth-order valence-electron chi connectivity index (χ4n) is 2.08. The first kappa shape index (κ1) is 11.4. The second-order valence-electron chi connectivity index (χ2n) is 4.33. The number of nitrogens with two attached hydrogens (primary N) is 1. The minimum Gasteiger partial charge on any atom is -0.399 e. The lowest BCUT2D eigenvalue weighted by Crippen LogP contribution is -2.03. The third kappa shape index (κ3) is 2.06. The number of anilines is 1. The number of benzene rings is 2. The summed E-state index contributed by atoms with van der Waals surface area (Å²) >= 11 is 0. The van der Waals surface area contributed by atoms with Crippen molar-refractivity contribution in [2.75, 3.05) is 5.73 Å². The minimum absolute atomic E-state index is 0.0377. The van der Waals surface area contributed by atoms with Crippen molar-refractivity contribution in [2.45, 2.75) is 0 Å². The topological polar surface area (TPSA) is 56.0 Å². The molecule has 0 unspecified atom stereocenters. The van der Waals surface area contributed by atoms with Crippen LogP contribution in [0.2, 0.25) is 0 Å². The van der Waals surface area contributed by atoms with Gasteiger partial charge in [-0.2, -0.15) is 0 Å². The highest BCUT2D eigenvalue weighted by Crippen LogP contribution is 2.19. The minimum atomic E-state index is -0.0377. The van der Waals surface area contributed by atoms with Crippen LogP contribution in [0.25, 0.3) is 10.9 Å². The Labute approximate surface area is 110 Å². The standard InChI is InChI=1S/C16H12N2O/c17-13-8-6-12(7-9-13)16(19)14-5-1-3-11-4-2-10-18-15(11)14/h1-10H,17H2. The predicted octanol–water partition coefficient (Wildman–Crippen LogP) is 3.05. The Hall–Kier alpha value is -2.68. The van der Waals surface area contributed by atoms with E-state index in [9.17, 15) is 4.79 Å². The number of fused-ring (bicyclic) bond motifs is 1. The molecule has 0 amide bonds. The number of para-hydroxylation sites is 1. The summed E-state index contributed by atoms with van der Waals surface area (Å²) in [5, 5.41) is 0.962. The van der Waals surface area contributed by atoms with Crippen LogP contribution in [0.3, 0.4) is 0 Å². The Morgan fingerprint density at radius 2 is 1.68 bits per heavy atom. The highest BCUT2D eigenvalue weighted by atomic mass is 16.1. The Bertz CT molecular complexity index is 743. The van der Waals surface area contributed by atoms with Gasteiger partial charge in [-0.25, -0.2) is 0 Å². The van der Waals surface area contributed by atoms with E-state index in [1.807, 2.05) is 24.3 Å². The molecular weight excluding hydrogens is 236 g/mol. The van der Waals surface area contributed by atoms with E-state index in [2.05, 4.69) is 4.98 Å². The fraction of sp³-hybridized carbons (Fsp3) is 0. The molecule has 3 heteroatoms. The largest absolute Gasteiger partial charge is 0.399 e. The molecule has 2 aromatic carbocycles. The number of nitrogen functional groups attached to an aromatic ring is 1. The maximum absolute atomic E-state index is 12.5. The normalized spacial score (nSPS) is 10.5. The van der Waals surface area contributed by atoms with E-state index < -0.39 is 0 Å². The van der Waals surface area contributed by atoms with Crippen LogP contribution in [0.15, 0.2) is 60.8 Å². The molecule has 0 fully saturated rings. The third-order valence-corrected chi connectivity index (χ3v) is 3.05. The van der Waals surface area contributed by atoms with Gasteiger partial charge in [0.1, 0.15) is 0 Å². The molecule has 0 aliphatic rings. The summed E-state index contributed by atoms with van der Waals surface area (Å²) in [6.07, 6.45) is 1.70. The van der Waals surface area contributed by atoms with Crippen molar-refractivity contribution in [3.8, 4) is 0 Å². The molecule has 0 saturated heterocycles. The van der Waals surface area contributed by atoms with Gasteiger partial charge in [0.15, 0.2) is 5.78 Å². The second kappa shape index (κ2) is 4.53. The lowest BCUT2D eigenvalue weighted by atomic mass is 10.0. The van der Waals surface area contributed by atoms with E-state index in [1.165, 1.54) is 0 Å². The summed E-state index contributed by atoms with van der Waals surface area (Å²) in [4.78, 5) is 16.8. The molecule has 0 radical (unpaired) electrons. The first-order chi connectivity index (χ1) is 9.25. The van der Waals surface area contributed by atoms with Crippen LogP contribution in [-0.2, 0) is 0 Å². The van der Waals surface area contributed by atoms with Gasteiger partial charge in [0.2, 0.25) is 0 Å². The van der Waals surface area contributed by atoms with Gasteiger partial charge in [0.05, 0.1) is 5.52 Å². The molecule has 0 aliphatic carbocycles. The van der Waals surface area contributed by atoms with Crippen LogP contribution in [0.5, 0.6) is 0 Å². The van der Waals surface area contributed by atoms with Crippen molar-refractivity contribution in [2.24, 2.45) is 0 Å². The molecule has 0 atom stereocenters. The highest BCUT2D eigenvalue weighted by Gasteiger charge is 2.12. The predicted molar refractivity (Wildman–Crippen MR) is 76.0 cm³/mol. The van der Waals surface area contributed by atoms with Crippen LogP contribution in [-0.4, -0.2) is 10.8 Å². The molecule has 1 heterocycles. The van der Waals surface area contributed by atoms with Crippen LogP contribution < -0.4 is 5.73 Å². The average Bonchev–Trinajstić information content (AvgIpc) is 2.47. The number of carbonyl (C=O) groups excluding carboxylic acids is 1. The summed E-state index contributed by atoms with van der Waals surface area (Å²) in [5.74, 6) is -0.0377. The van der Waals surface area contributed by atoms with E-state index in [4.69, 9.17) is 5.73 Å². The van der Waals surface area contributed by atoms with Crippen molar-refractivity contribution in [1.29, 1.82) is 0 Å². The maximum atomic E-state index is 12.5. The van der Waals surface area contributed by atoms with Gasteiger partial charge >= 0.3 is 0 Å². The molecule has 0 aliphatic heterocycles. The number of hydrogen-bond acceptors (Lipinski definition) is 3. The summed E-state index contributed by atoms with van der Waals surface area (Å²) in [5.41, 5.74) is 8.24. The van der Waals surface area contributed by atoms with E-state index in [1.54, 1.807) is 36.5 Å². The first-order valence-electron chi connectivity index (χ1n) is 6.00. The highest BCUT2D eigenvalue weighted by molar-refractivity contribution is 6.15. The maximum Gasteiger partial charge on any atom is 0.195 e. The zero-order valence-corrected chi connectivity index (χ0v) is 10.2. The number of pyridine rings is 1. The second-order valence-corrected chi connectivity index (χ2v) is 4.33. The molecular formula is C16H12N2O. The van der Waals surface area contributed by atoms with E-state index in [0.717, 1.165) is 10.9 Å². The Kier molecular flexibility index (Phi) is 2.72. The van der Waals surface area contributed by atoms with Gasteiger partial charge in [-0.05, 0) is 36.4 Å². The van der Waals surface area contributed by atoms with Crippen LogP contribution >= 0.6 is 0 Å². The molecule has 3 rings (SSSR count). The molecule has 2 N–H and O–H groups in total. The van der Waals surface area contributed by atoms with Gasteiger partial charge < -0.3 is 5.73 Å². The van der Waals surface area contributed by atoms with Gasteiger partial charge in [0, 0.05) is 28.4 Å². The lowest BCUT2D eigenvalue weighted by molar-refractivity contribution is 0.104. The van der Waals surface area contributed by atoms with E-state index >= 15 is 0 Å².